The summed E-state index contributed by atoms with van der Waals surface area (Å²) in [6.07, 6.45) is 0.857. The van der Waals surface area contributed by atoms with Gasteiger partial charge in [-0.15, -0.1) is 0 Å². The van der Waals surface area contributed by atoms with Crippen molar-refractivity contribution in [3.8, 4) is 5.75 Å². The van der Waals surface area contributed by atoms with E-state index in [-0.39, 0.29) is 17.7 Å². The minimum absolute atomic E-state index is 0.0183. The minimum Gasteiger partial charge on any atom is -0.494 e. The molecular weight excluding hydrogens is 357 g/mol. The molecule has 2 aromatic carbocycles. The summed E-state index contributed by atoms with van der Waals surface area (Å²) in [6.45, 7) is 6.96. The van der Waals surface area contributed by atoms with Crippen LogP contribution in [0.2, 0.25) is 0 Å². The second kappa shape index (κ2) is 9.55. The van der Waals surface area contributed by atoms with Gasteiger partial charge in [-0.25, -0.2) is 4.39 Å². The Morgan fingerprint density at radius 3 is 2.50 bits per heavy atom. The highest BCUT2D eigenvalue weighted by Gasteiger charge is 2.18. The first kappa shape index (κ1) is 20.1. The molecule has 0 aromatic heterocycles. The maximum absolute atomic E-state index is 13.8. The number of nitrogens with one attached hydrogen (secondary N) is 1. The lowest BCUT2D eigenvalue weighted by Crippen LogP contribution is -2.47. The first-order valence-electron chi connectivity index (χ1n) is 9.73. The molecule has 5 nitrogen and oxygen atoms in total. The molecule has 0 saturated carbocycles. The Morgan fingerprint density at radius 2 is 1.86 bits per heavy atom. The first-order chi connectivity index (χ1) is 13.6. The summed E-state index contributed by atoms with van der Waals surface area (Å²) in [5.74, 6) is -0.652. The lowest BCUT2D eigenvalue weighted by atomic mass is 10.1. The zero-order valence-electron chi connectivity index (χ0n) is 16.5. The highest BCUT2D eigenvalue weighted by Crippen LogP contribution is 2.18. The fraction of sp³-hybridized carbons (Fsp3) is 0.409. The number of ether oxygens (including phenoxy) is 1. The smallest absolute Gasteiger partial charge is 0.251 e. The molecule has 0 bridgehead atoms. The Morgan fingerprint density at radius 1 is 1.14 bits per heavy atom. The van der Waals surface area contributed by atoms with Crippen molar-refractivity contribution < 1.29 is 13.9 Å². The van der Waals surface area contributed by atoms with E-state index in [0.717, 1.165) is 39.1 Å². The monoisotopic (exact) mass is 385 g/mol. The summed E-state index contributed by atoms with van der Waals surface area (Å²) in [6, 6.07) is 14.8. The predicted octanol–water partition coefficient (Wildman–Crippen LogP) is 3.16. The van der Waals surface area contributed by atoms with Crippen LogP contribution in [0.25, 0.3) is 0 Å². The molecule has 0 spiro atoms. The molecular formula is C22H28FN3O2. The highest BCUT2D eigenvalue weighted by atomic mass is 19.1. The molecule has 1 N–H and O–H groups in total. The van der Waals surface area contributed by atoms with Crippen molar-refractivity contribution in [1.29, 1.82) is 0 Å². The van der Waals surface area contributed by atoms with Crippen LogP contribution in [0.1, 0.15) is 23.7 Å². The van der Waals surface area contributed by atoms with Crippen LogP contribution >= 0.6 is 0 Å². The number of hydrogen-bond acceptors (Lipinski definition) is 4. The molecule has 1 aliphatic rings. The summed E-state index contributed by atoms with van der Waals surface area (Å²) in [5, 5.41) is 2.95. The van der Waals surface area contributed by atoms with E-state index in [0.29, 0.717) is 5.56 Å². The number of rotatable bonds is 7. The quantitative estimate of drug-likeness (QED) is 0.795. The molecule has 2 aromatic rings. The number of halogens is 1. The average molecular weight is 385 g/mol. The maximum atomic E-state index is 13.8. The normalized spacial score (nSPS) is 15.9. The van der Waals surface area contributed by atoms with Crippen LogP contribution in [0.15, 0.2) is 48.5 Å². The van der Waals surface area contributed by atoms with Gasteiger partial charge in [0.15, 0.2) is 11.6 Å². The van der Waals surface area contributed by atoms with Crippen LogP contribution in [-0.2, 0) is 0 Å². The number of amides is 1. The van der Waals surface area contributed by atoms with Gasteiger partial charge in [0, 0.05) is 50.0 Å². The number of anilines is 1. The van der Waals surface area contributed by atoms with Crippen molar-refractivity contribution in [2.24, 2.45) is 0 Å². The summed E-state index contributed by atoms with van der Waals surface area (Å²) in [7, 11) is 1.40. The predicted molar refractivity (Wildman–Crippen MR) is 110 cm³/mol. The number of piperazine rings is 1. The molecule has 1 aliphatic heterocycles. The fourth-order valence-electron chi connectivity index (χ4n) is 3.43. The van der Waals surface area contributed by atoms with E-state index >= 15 is 0 Å². The van der Waals surface area contributed by atoms with Crippen LogP contribution in [-0.4, -0.2) is 56.7 Å². The van der Waals surface area contributed by atoms with Crippen molar-refractivity contribution in [2.75, 3.05) is 44.7 Å². The Labute approximate surface area is 166 Å². The van der Waals surface area contributed by atoms with E-state index in [9.17, 15) is 9.18 Å². The summed E-state index contributed by atoms with van der Waals surface area (Å²) < 4.78 is 18.7. The third-order valence-electron chi connectivity index (χ3n) is 5.16. The van der Waals surface area contributed by atoms with Gasteiger partial charge in [-0.05, 0) is 43.7 Å². The number of hydrogen-bond donors (Lipinski definition) is 1. The number of carbonyl (C=O) groups is 1. The topological polar surface area (TPSA) is 44.8 Å². The second-order valence-corrected chi connectivity index (χ2v) is 7.18. The van der Waals surface area contributed by atoms with Gasteiger partial charge >= 0.3 is 0 Å². The van der Waals surface area contributed by atoms with E-state index < -0.39 is 5.82 Å². The lowest BCUT2D eigenvalue weighted by Gasteiger charge is -2.36. The molecule has 0 unspecified atom stereocenters. The molecule has 3 rings (SSSR count). The summed E-state index contributed by atoms with van der Waals surface area (Å²) in [4.78, 5) is 17.1. The first-order valence-corrected chi connectivity index (χ1v) is 9.73. The molecule has 1 fully saturated rings. The van der Waals surface area contributed by atoms with Gasteiger partial charge in [-0.1, -0.05) is 18.2 Å². The van der Waals surface area contributed by atoms with Crippen molar-refractivity contribution >= 4 is 11.6 Å². The molecule has 1 saturated heterocycles. The van der Waals surface area contributed by atoms with Crippen LogP contribution in [0.3, 0.4) is 0 Å². The lowest BCUT2D eigenvalue weighted by molar-refractivity contribution is 0.0934. The van der Waals surface area contributed by atoms with Gasteiger partial charge in [0.05, 0.1) is 7.11 Å². The Kier molecular flexibility index (Phi) is 6.87. The van der Waals surface area contributed by atoms with E-state index in [1.807, 2.05) is 13.0 Å². The highest BCUT2D eigenvalue weighted by molar-refractivity contribution is 5.94. The van der Waals surface area contributed by atoms with E-state index in [4.69, 9.17) is 4.74 Å². The number of nitrogens with zero attached hydrogens (tertiary/aromatic N) is 2. The Bertz CT molecular complexity index is 777. The average Bonchev–Trinajstić information content (AvgIpc) is 2.73. The van der Waals surface area contributed by atoms with E-state index in [2.05, 4.69) is 39.4 Å². The standard InChI is InChI=1S/C22H28FN3O2/c1-17(24-22(27)18-8-9-21(28-2)20(23)16-18)10-11-25-12-14-26(15-13-25)19-6-4-3-5-7-19/h3-9,16-17H,10-15H2,1-2H3,(H,24,27)/t17-/m0/s1. The molecule has 1 atom stereocenters. The van der Waals surface area contributed by atoms with Crippen molar-refractivity contribution in [3.05, 3.63) is 59.9 Å². The zero-order chi connectivity index (χ0) is 19.9. The number of benzene rings is 2. The number of methoxy groups -OCH3 is 1. The third kappa shape index (κ3) is 5.23. The zero-order valence-corrected chi connectivity index (χ0v) is 16.5. The van der Waals surface area contributed by atoms with E-state index in [1.54, 1.807) is 6.07 Å². The van der Waals surface area contributed by atoms with Crippen LogP contribution in [0.5, 0.6) is 5.75 Å². The Balaban J connectivity index is 1.41. The molecule has 0 aliphatic carbocycles. The van der Waals surface area contributed by atoms with Gasteiger partial charge in [-0.2, -0.15) is 0 Å². The van der Waals surface area contributed by atoms with Gasteiger partial charge in [0.1, 0.15) is 0 Å². The number of carbonyl (C=O) groups excluding carboxylic acids is 1. The fourth-order valence-corrected chi connectivity index (χ4v) is 3.43. The van der Waals surface area contributed by atoms with Crippen LogP contribution in [0.4, 0.5) is 10.1 Å². The van der Waals surface area contributed by atoms with Gasteiger partial charge in [-0.3, -0.25) is 9.69 Å². The van der Waals surface area contributed by atoms with Crippen molar-refractivity contribution in [2.45, 2.75) is 19.4 Å². The van der Waals surface area contributed by atoms with Crippen molar-refractivity contribution in [1.82, 2.24) is 10.2 Å². The number of para-hydroxylation sites is 1. The van der Waals surface area contributed by atoms with Crippen LogP contribution < -0.4 is 15.0 Å². The third-order valence-corrected chi connectivity index (χ3v) is 5.16. The molecule has 6 heteroatoms. The molecule has 1 amide bonds. The van der Waals surface area contributed by atoms with Gasteiger partial charge in [0.2, 0.25) is 0 Å². The molecule has 28 heavy (non-hydrogen) atoms. The molecule has 0 radical (unpaired) electrons. The van der Waals surface area contributed by atoms with E-state index in [1.165, 1.54) is 24.9 Å². The summed E-state index contributed by atoms with van der Waals surface area (Å²) >= 11 is 0. The van der Waals surface area contributed by atoms with Gasteiger partial charge in [0.25, 0.3) is 5.91 Å². The molecule has 150 valence electrons. The van der Waals surface area contributed by atoms with Gasteiger partial charge < -0.3 is 15.0 Å². The second-order valence-electron chi connectivity index (χ2n) is 7.18. The largest absolute Gasteiger partial charge is 0.494 e. The minimum atomic E-state index is -0.529. The van der Waals surface area contributed by atoms with Crippen LogP contribution in [0, 0.1) is 5.82 Å². The Hall–Kier alpha value is -2.60. The van der Waals surface area contributed by atoms with Crippen molar-refractivity contribution in [3.63, 3.8) is 0 Å². The summed E-state index contributed by atoms with van der Waals surface area (Å²) in [5.41, 5.74) is 1.58. The SMILES string of the molecule is COc1ccc(C(=O)N[C@@H](C)CCN2CCN(c3ccccc3)CC2)cc1F. The molecule has 1 heterocycles. The maximum Gasteiger partial charge on any atom is 0.251 e.